The second-order valence-corrected chi connectivity index (χ2v) is 3.65. The lowest BCUT2D eigenvalue weighted by molar-refractivity contribution is -0.132. The molecule has 1 heterocycles. The first-order valence-corrected chi connectivity index (χ1v) is 4.81. The normalized spacial score (nSPS) is 33.2. The van der Waals surface area contributed by atoms with Gasteiger partial charge in [0.15, 0.2) is 0 Å². The van der Waals surface area contributed by atoms with Crippen molar-refractivity contribution in [1.29, 1.82) is 0 Å². The number of hydrogen-bond donors (Lipinski definition) is 3. The van der Waals surface area contributed by atoms with Crippen molar-refractivity contribution >= 4 is 24.3 Å². The van der Waals surface area contributed by atoms with E-state index in [4.69, 9.17) is 0 Å². The molecular weight excluding hydrogens is 190 g/mol. The Kier molecular flexibility index (Phi) is 3.33. The number of amides is 1. The zero-order valence-electron chi connectivity index (χ0n) is 7.36. The van der Waals surface area contributed by atoms with Crippen molar-refractivity contribution in [2.75, 3.05) is 5.75 Å². The first kappa shape index (κ1) is 10.5. The molecule has 5 heteroatoms. The third-order valence-electron chi connectivity index (χ3n) is 2.24. The van der Waals surface area contributed by atoms with Gasteiger partial charge < -0.3 is 10.4 Å². The van der Waals surface area contributed by atoms with E-state index in [0.717, 1.165) is 0 Å². The highest BCUT2D eigenvalue weighted by Gasteiger charge is 2.43. The van der Waals surface area contributed by atoms with Crippen LogP contribution in [0.15, 0.2) is 0 Å². The maximum atomic E-state index is 11.2. The summed E-state index contributed by atoms with van der Waals surface area (Å²) >= 11 is 4.00. The first-order chi connectivity index (χ1) is 6.07. The minimum absolute atomic E-state index is 0.285. The number of thiol groups is 1. The Morgan fingerprint density at radius 1 is 1.69 bits per heavy atom. The molecule has 0 aromatic carbocycles. The third-order valence-corrected chi connectivity index (χ3v) is 2.50. The van der Waals surface area contributed by atoms with Gasteiger partial charge in [-0.2, -0.15) is 12.6 Å². The fourth-order valence-corrected chi connectivity index (χ4v) is 1.83. The van der Waals surface area contributed by atoms with E-state index in [2.05, 4.69) is 17.9 Å². The van der Waals surface area contributed by atoms with Gasteiger partial charge in [0.05, 0.1) is 12.1 Å². The molecule has 1 rings (SSSR count). The second kappa shape index (κ2) is 4.11. The maximum absolute atomic E-state index is 11.2. The van der Waals surface area contributed by atoms with Gasteiger partial charge in [0.2, 0.25) is 5.91 Å². The number of aliphatic hydroxyl groups is 1. The molecule has 4 nitrogen and oxygen atoms in total. The Morgan fingerprint density at radius 3 is 2.69 bits per heavy atom. The van der Waals surface area contributed by atoms with Gasteiger partial charge in [0, 0.05) is 0 Å². The summed E-state index contributed by atoms with van der Waals surface area (Å²) in [6.07, 6.45) is -0.308. The van der Waals surface area contributed by atoms with Gasteiger partial charge in [-0.05, 0) is 19.1 Å². The van der Waals surface area contributed by atoms with Crippen LogP contribution in [0, 0.1) is 5.92 Å². The first-order valence-electron chi connectivity index (χ1n) is 4.17. The SMILES string of the molecule is CC(=O)C1C(=O)NC(CCS)C1O. The summed E-state index contributed by atoms with van der Waals surface area (Å²) in [4.78, 5) is 22.2. The van der Waals surface area contributed by atoms with Crippen molar-refractivity contribution in [2.45, 2.75) is 25.5 Å². The van der Waals surface area contributed by atoms with E-state index in [1.165, 1.54) is 6.92 Å². The van der Waals surface area contributed by atoms with Crippen molar-refractivity contribution in [3.63, 3.8) is 0 Å². The molecule has 13 heavy (non-hydrogen) atoms. The number of carbonyl (C=O) groups is 2. The predicted molar refractivity (Wildman–Crippen MR) is 50.6 cm³/mol. The van der Waals surface area contributed by atoms with Crippen molar-refractivity contribution in [3.05, 3.63) is 0 Å². The van der Waals surface area contributed by atoms with E-state index in [1.54, 1.807) is 0 Å². The summed E-state index contributed by atoms with van der Waals surface area (Å²) in [6, 6.07) is -0.320. The fourth-order valence-electron chi connectivity index (χ4n) is 1.55. The smallest absolute Gasteiger partial charge is 0.233 e. The van der Waals surface area contributed by atoms with Crippen molar-refractivity contribution in [1.82, 2.24) is 5.32 Å². The maximum Gasteiger partial charge on any atom is 0.233 e. The monoisotopic (exact) mass is 203 g/mol. The lowest BCUT2D eigenvalue weighted by Gasteiger charge is -2.14. The summed E-state index contributed by atoms with van der Waals surface area (Å²) in [5, 5.41) is 12.2. The van der Waals surface area contributed by atoms with E-state index in [-0.39, 0.29) is 17.7 Å². The molecule has 0 spiro atoms. The summed E-state index contributed by atoms with van der Waals surface area (Å²) in [5.41, 5.74) is 0. The Balaban J connectivity index is 2.69. The average molecular weight is 203 g/mol. The number of carbonyl (C=O) groups excluding carboxylic acids is 2. The van der Waals surface area contributed by atoms with E-state index in [1.807, 2.05) is 0 Å². The molecule has 1 amide bonds. The molecule has 0 aromatic heterocycles. The standard InChI is InChI=1S/C8H13NO3S/c1-4(10)6-7(11)5(2-3-13)9-8(6)12/h5-7,11,13H,2-3H2,1H3,(H,9,12). The molecule has 0 aromatic rings. The van der Waals surface area contributed by atoms with Crippen LogP contribution in [0.5, 0.6) is 0 Å². The van der Waals surface area contributed by atoms with Crippen LogP contribution in [0.4, 0.5) is 0 Å². The van der Waals surface area contributed by atoms with Gasteiger partial charge >= 0.3 is 0 Å². The molecule has 3 unspecified atom stereocenters. The Bertz CT molecular complexity index is 231. The van der Waals surface area contributed by atoms with Gasteiger partial charge in [-0.15, -0.1) is 0 Å². The summed E-state index contributed by atoms with van der Waals surface area (Å²) < 4.78 is 0. The summed E-state index contributed by atoms with van der Waals surface area (Å²) in [7, 11) is 0. The number of hydrogen-bond acceptors (Lipinski definition) is 4. The summed E-state index contributed by atoms with van der Waals surface area (Å²) in [6.45, 7) is 1.32. The third kappa shape index (κ3) is 2.03. The van der Waals surface area contributed by atoms with E-state index >= 15 is 0 Å². The summed E-state index contributed by atoms with van der Waals surface area (Å²) in [5.74, 6) is -0.963. The van der Waals surface area contributed by atoms with Crippen LogP contribution in [0.3, 0.4) is 0 Å². The molecule has 0 bridgehead atoms. The average Bonchev–Trinajstić information content (AvgIpc) is 2.28. The van der Waals surface area contributed by atoms with Crippen LogP contribution in [0.25, 0.3) is 0 Å². The number of nitrogens with one attached hydrogen (secondary N) is 1. The largest absolute Gasteiger partial charge is 0.390 e. The van der Waals surface area contributed by atoms with Gasteiger partial charge in [0.1, 0.15) is 11.7 Å². The minimum atomic E-state index is -0.892. The Morgan fingerprint density at radius 2 is 2.31 bits per heavy atom. The van der Waals surface area contributed by atoms with Gasteiger partial charge in [-0.25, -0.2) is 0 Å². The molecule has 0 saturated carbocycles. The van der Waals surface area contributed by atoms with Crippen LogP contribution in [0.1, 0.15) is 13.3 Å². The van der Waals surface area contributed by atoms with Crippen LogP contribution >= 0.6 is 12.6 Å². The van der Waals surface area contributed by atoms with E-state index < -0.39 is 12.0 Å². The predicted octanol–water partition coefficient (Wildman–Crippen LogP) is -0.629. The van der Waals surface area contributed by atoms with Crippen molar-refractivity contribution in [3.8, 4) is 0 Å². The molecule has 0 aliphatic carbocycles. The van der Waals surface area contributed by atoms with Gasteiger partial charge in [0.25, 0.3) is 0 Å². The lowest BCUT2D eigenvalue weighted by Crippen LogP contribution is -2.33. The van der Waals surface area contributed by atoms with Gasteiger partial charge in [-0.1, -0.05) is 0 Å². The number of Topliss-reactive ketones (excluding diaryl/α,β-unsaturated/α-hetero) is 1. The number of ketones is 1. The van der Waals surface area contributed by atoms with E-state index in [9.17, 15) is 14.7 Å². The van der Waals surface area contributed by atoms with Crippen LogP contribution in [-0.2, 0) is 9.59 Å². The highest BCUT2D eigenvalue weighted by Crippen LogP contribution is 2.19. The molecule has 3 atom stereocenters. The van der Waals surface area contributed by atoms with Crippen molar-refractivity contribution < 1.29 is 14.7 Å². The molecule has 1 aliphatic heterocycles. The number of aliphatic hydroxyl groups excluding tert-OH is 1. The molecule has 2 N–H and O–H groups in total. The Hall–Kier alpha value is -0.550. The number of rotatable bonds is 3. The quantitative estimate of drug-likeness (QED) is 0.422. The lowest BCUT2D eigenvalue weighted by atomic mass is 9.96. The van der Waals surface area contributed by atoms with Crippen LogP contribution < -0.4 is 5.32 Å². The van der Waals surface area contributed by atoms with Crippen LogP contribution in [0.2, 0.25) is 0 Å². The molecule has 1 saturated heterocycles. The second-order valence-electron chi connectivity index (χ2n) is 3.21. The Labute approximate surface area is 82.1 Å². The molecule has 74 valence electrons. The highest BCUT2D eigenvalue weighted by atomic mass is 32.1. The molecule has 1 aliphatic rings. The molecular formula is C8H13NO3S. The molecule has 1 fully saturated rings. The van der Waals surface area contributed by atoms with Crippen LogP contribution in [-0.4, -0.2) is 34.7 Å². The topological polar surface area (TPSA) is 66.4 Å². The zero-order chi connectivity index (χ0) is 10.0. The molecule has 0 radical (unpaired) electrons. The minimum Gasteiger partial charge on any atom is -0.390 e. The fraction of sp³-hybridized carbons (Fsp3) is 0.750. The van der Waals surface area contributed by atoms with Crippen molar-refractivity contribution in [2.24, 2.45) is 5.92 Å². The van der Waals surface area contributed by atoms with E-state index in [0.29, 0.717) is 12.2 Å². The zero-order valence-corrected chi connectivity index (χ0v) is 8.25. The highest BCUT2D eigenvalue weighted by molar-refractivity contribution is 7.80. The van der Waals surface area contributed by atoms with Gasteiger partial charge in [-0.3, -0.25) is 9.59 Å².